The Morgan fingerprint density at radius 1 is 1.29 bits per heavy atom. The van der Waals surface area contributed by atoms with E-state index in [1.807, 2.05) is 44.2 Å². The molecule has 0 unspecified atom stereocenters. The predicted octanol–water partition coefficient (Wildman–Crippen LogP) is 2.54. The first-order valence-electron chi connectivity index (χ1n) is 7.13. The molecule has 0 radical (unpaired) electrons. The van der Waals surface area contributed by atoms with Crippen LogP contribution < -0.4 is 10.1 Å². The largest absolute Gasteiger partial charge is 0.497 e. The van der Waals surface area contributed by atoms with Crippen LogP contribution in [-0.4, -0.2) is 24.5 Å². The van der Waals surface area contributed by atoms with Gasteiger partial charge in [0.25, 0.3) is 0 Å². The van der Waals surface area contributed by atoms with Gasteiger partial charge in [0.2, 0.25) is 5.91 Å². The normalized spacial score (nSPS) is 10.4. The summed E-state index contributed by atoms with van der Waals surface area (Å²) in [5, 5.41) is 2.96. The molecular formula is C17H22N2O2. The van der Waals surface area contributed by atoms with Gasteiger partial charge in [0.1, 0.15) is 5.75 Å². The molecule has 1 heterocycles. The highest BCUT2D eigenvalue weighted by Gasteiger charge is 2.07. The van der Waals surface area contributed by atoms with E-state index in [9.17, 15) is 4.79 Å². The number of rotatable bonds is 6. The van der Waals surface area contributed by atoms with Gasteiger partial charge in [-0.2, -0.15) is 0 Å². The maximum absolute atomic E-state index is 11.9. The Hall–Kier alpha value is -2.23. The lowest BCUT2D eigenvalue weighted by molar-refractivity contribution is -0.120. The molecule has 1 aromatic heterocycles. The lowest BCUT2D eigenvalue weighted by Crippen LogP contribution is -2.27. The second-order valence-electron chi connectivity index (χ2n) is 5.23. The van der Waals surface area contributed by atoms with Gasteiger partial charge in [-0.3, -0.25) is 4.79 Å². The number of aromatic amines is 1. The van der Waals surface area contributed by atoms with E-state index >= 15 is 0 Å². The second kappa shape index (κ2) is 6.97. The average Bonchev–Trinajstić information content (AvgIpc) is 2.77. The Labute approximate surface area is 125 Å². The standard InChI is InChI=1S/C17H22N2O2/c1-12-9-15(13(2)19-12)11-17(20)18-8-7-14-5-4-6-16(10-14)21-3/h4-6,9-10,19H,7-8,11H2,1-3H3,(H,18,20). The van der Waals surface area contributed by atoms with Crippen LogP contribution in [0.2, 0.25) is 0 Å². The zero-order valence-electron chi connectivity index (χ0n) is 12.8. The predicted molar refractivity (Wildman–Crippen MR) is 83.7 cm³/mol. The third-order valence-electron chi connectivity index (χ3n) is 3.48. The number of hydrogen-bond acceptors (Lipinski definition) is 2. The van der Waals surface area contributed by atoms with Crippen LogP contribution in [0.15, 0.2) is 30.3 Å². The van der Waals surface area contributed by atoms with E-state index in [-0.39, 0.29) is 5.91 Å². The molecule has 0 atom stereocenters. The van der Waals surface area contributed by atoms with Crippen molar-refractivity contribution < 1.29 is 9.53 Å². The summed E-state index contributed by atoms with van der Waals surface area (Å²) in [5.74, 6) is 0.900. The maximum Gasteiger partial charge on any atom is 0.224 e. The Kier molecular flexibility index (Phi) is 5.04. The summed E-state index contributed by atoms with van der Waals surface area (Å²) in [5.41, 5.74) is 4.37. The van der Waals surface area contributed by atoms with Crippen LogP contribution >= 0.6 is 0 Å². The Morgan fingerprint density at radius 3 is 2.76 bits per heavy atom. The summed E-state index contributed by atoms with van der Waals surface area (Å²) in [6.07, 6.45) is 1.22. The van der Waals surface area contributed by atoms with E-state index in [4.69, 9.17) is 4.74 Å². The van der Waals surface area contributed by atoms with Crippen molar-refractivity contribution in [3.63, 3.8) is 0 Å². The van der Waals surface area contributed by atoms with Gasteiger partial charge >= 0.3 is 0 Å². The fraction of sp³-hybridized carbons (Fsp3) is 0.353. The molecule has 2 rings (SSSR count). The number of aromatic nitrogens is 1. The van der Waals surface area contributed by atoms with Gasteiger partial charge in [0.15, 0.2) is 0 Å². The highest BCUT2D eigenvalue weighted by atomic mass is 16.5. The molecule has 112 valence electrons. The Morgan fingerprint density at radius 2 is 2.10 bits per heavy atom. The van der Waals surface area contributed by atoms with Crippen LogP contribution in [0.4, 0.5) is 0 Å². The molecule has 0 fully saturated rings. The van der Waals surface area contributed by atoms with Crippen molar-refractivity contribution in [2.24, 2.45) is 0 Å². The summed E-state index contributed by atoms with van der Waals surface area (Å²) in [6, 6.07) is 9.93. The van der Waals surface area contributed by atoms with Crippen LogP contribution in [0.25, 0.3) is 0 Å². The van der Waals surface area contributed by atoms with Crippen molar-refractivity contribution >= 4 is 5.91 Å². The highest BCUT2D eigenvalue weighted by molar-refractivity contribution is 5.78. The van der Waals surface area contributed by atoms with Crippen LogP contribution in [0.3, 0.4) is 0 Å². The molecule has 1 amide bonds. The summed E-state index contributed by atoms with van der Waals surface area (Å²) in [6.45, 7) is 4.62. The van der Waals surface area contributed by atoms with Gasteiger partial charge in [-0.1, -0.05) is 12.1 Å². The number of aryl methyl sites for hydroxylation is 2. The minimum absolute atomic E-state index is 0.0556. The number of carbonyl (C=O) groups excluding carboxylic acids is 1. The smallest absolute Gasteiger partial charge is 0.224 e. The molecule has 2 aromatic rings. The van der Waals surface area contributed by atoms with Crippen LogP contribution in [0.1, 0.15) is 22.5 Å². The molecule has 0 aliphatic rings. The van der Waals surface area contributed by atoms with Gasteiger partial charge < -0.3 is 15.0 Å². The molecule has 0 saturated heterocycles. The number of nitrogens with one attached hydrogen (secondary N) is 2. The van der Waals surface area contributed by atoms with E-state index in [2.05, 4.69) is 10.3 Å². The molecule has 0 bridgehead atoms. The van der Waals surface area contributed by atoms with E-state index in [0.29, 0.717) is 13.0 Å². The monoisotopic (exact) mass is 286 g/mol. The van der Waals surface area contributed by atoms with Crippen molar-refractivity contribution in [2.45, 2.75) is 26.7 Å². The van der Waals surface area contributed by atoms with Gasteiger partial charge in [0.05, 0.1) is 13.5 Å². The number of hydrogen-bond donors (Lipinski definition) is 2. The number of benzene rings is 1. The van der Waals surface area contributed by atoms with Crippen molar-refractivity contribution in [1.29, 1.82) is 0 Å². The van der Waals surface area contributed by atoms with Crippen molar-refractivity contribution in [3.8, 4) is 5.75 Å². The van der Waals surface area contributed by atoms with Crippen LogP contribution in [-0.2, 0) is 17.6 Å². The van der Waals surface area contributed by atoms with Crippen molar-refractivity contribution in [1.82, 2.24) is 10.3 Å². The van der Waals surface area contributed by atoms with Crippen LogP contribution in [0, 0.1) is 13.8 Å². The topological polar surface area (TPSA) is 54.1 Å². The van der Waals surface area contributed by atoms with Crippen molar-refractivity contribution in [2.75, 3.05) is 13.7 Å². The Balaban J connectivity index is 1.80. The first kappa shape index (κ1) is 15.2. The van der Waals surface area contributed by atoms with Crippen molar-refractivity contribution in [3.05, 3.63) is 52.8 Å². The minimum Gasteiger partial charge on any atom is -0.497 e. The zero-order chi connectivity index (χ0) is 15.2. The quantitative estimate of drug-likeness (QED) is 0.857. The molecule has 2 N–H and O–H groups in total. The zero-order valence-corrected chi connectivity index (χ0v) is 12.8. The molecular weight excluding hydrogens is 264 g/mol. The Bertz CT molecular complexity index is 617. The van der Waals surface area contributed by atoms with Crippen LogP contribution in [0.5, 0.6) is 5.75 Å². The van der Waals surface area contributed by atoms with E-state index in [1.165, 1.54) is 0 Å². The molecule has 4 heteroatoms. The molecule has 0 saturated carbocycles. The van der Waals surface area contributed by atoms with E-state index in [0.717, 1.165) is 34.7 Å². The summed E-state index contributed by atoms with van der Waals surface area (Å²) in [4.78, 5) is 15.2. The lowest BCUT2D eigenvalue weighted by Gasteiger charge is -2.06. The molecule has 0 aliphatic carbocycles. The fourth-order valence-corrected chi connectivity index (χ4v) is 2.38. The SMILES string of the molecule is COc1cccc(CCNC(=O)Cc2cc(C)[nH]c2C)c1. The summed E-state index contributed by atoms with van der Waals surface area (Å²) < 4.78 is 5.19. The van der Waals surface area contributed by atoms with Gasteiger partial charge in [-0.05, 0) is 49.6 Å². The minimum atomic E-state index is 0.0556. The van der Waals surface area contributed by atoms with Gasteiger partial charge in [0, 0.05) is 17.9 Å². The number of amides is 1. The molecule has 0 aliphatic heterocycles. The first-order valence-corrected chi connectivity index (χ1v) is 7.13. The average molecular weight is 286 g/mol. The maximum atomic E-state index is 11.9. The lowest BCUT2D eigenvalue weighted by atomic mass is 10.1. The molecule has 1 aromatic carbocycles. The molecule has 21 heavy (non-hydrogen) atoms. The molecule has 4 nitrogen and oxygen atoms in total. The van der Waals surface area contributed by atoms with E-state index in [1.54, 1.807) is 7.11 Å². The summed E-state index contributed by atoms with van der Waals surface area (Å²) in [7, 11) is 1.65. The van der Waals surface area contributed by atoms with Gasteiger partial charge in [-0.15, -0.1) is 0 Å². The molecule has 0 spiro atoms. The summed E-state index contributed by atoms with van der Waals surface area (Å²) >= 11 is 0. The third kappa shape index (κ3) is 4.38. The van der Waals surface area contributed by atoms with Gasteiger partial charge in [-0.25, -0.2) is 0 Å². The third-order valence-corrected chi connectivity index (χ3v) is 3.48. The first-order chi connectivity index (χ1) is 10.1. The second-order valence-corrected chi connectivity index (χ2v) is 5.23. The number of carbonyl (C=O) groups is 1. The fourth-order valence-electron chi connectivity index (χ4n) is 2.38. The highest BCUT2D eigenvalue weighted by Crippen LogP contribution is 2.13. The number of methoxy groups -OCH3 is 1. The van der Waals surface area contributed by atoms with E-state index < -0.39 is 0 Å². The number of H-pyrrole nitrogens is 1. The number of ether oxygens (including phenoxy) is 1.